The molecular weight excluding hydrogens is 581 g/mol. The molecule has 1 aliphatic carbocycles. The number of piperidine rings is 1. The summed E-state index contributed by atoms with van der Waals surface area (Å²) in [5, 5.41) is 4.49. The molecule has 1 unspecified atom stereocenters. The van der Waals surface area contributed by atoms with Gasteiger partial charge in [-0.2, -0.15) is 13.2 Å². The van der Waals surface area contributed by atoms with Crippen LogP contribution in [-0.2, 0) is 4.79 Å². The van der Waals surface area contributed by atoms with Crippen molar-refractivity contribution in [2.24, 2.45) is 5.92 Å². The molecule has 5 rings (SSSR count). The fraction of sp³-hybridized carbons (Fsp3) is 0.457. The highest BCUT2D eigenvalue weighted by Crippen LogP contribution is 2.64. The van der Waals surface area contributed by atoms with Crippen LogP contribution in [0.4, 0.5) is 24.5 Å². The fourth-order valence-corrected chi connectivity index (χ4v) is 7.89. The number of anilines is 2. The Morgan fingerprint density at radius 1 is 1.32 bits per heavy atom. The van der Waals surface area contributed by atoms with E-state index in [1.807, 2.05) is 6.20 Å². The van der Waals surface area contributed by atoms with Crippen molar-refractivity contribution < 1.29 is 20.8 Å². The molecule has 1 N–H and O–H groups in total. The number of nitrogens with zero attached hydrogens (tertiary/aromatic N) is 3. The Morgan fingerprint density at radius 2 is 2.00 bits per heavy atom. The highest BCUT2D eigenvalue weighted by molar-refractivity contribution is 8.02. The quantitative estimate of drug-likeness (QED) is 0.199. The van der Waals surface area contributed by atoms with E-state index < -0.39 is 24.0 Å². The SMILES string of the molecule is C=C=C(CC=C)N1CCC(C(=O)N(C)[C@@H](c2ccc(Nc3cnc4c(c3[C@@H](C)CCC)C3=CC3(C)S4)cc2)C(F)(F)F)CC1.[HH].[HH]. The maximum absolute atomic E-state index is 14.5. The van der Waals surface area contributed by atoms with E-state index in [2.05, 4.69) is 56.0 Å². The number of aromatic nitrogens is 1. The minimum Gasteiger partial charge on any atom is -0.368 e. The third kappa shape index (κ3) is 6.22. The molecule has 2 aliphatic heterocycles. The number of hydrogen-bond donors (Lipinski definition) is 1. The van der Waals surface area contributed by atoms with Gasteiger partial charge in [-0.15, -0.1) is 12.3 Å². The van der Waals surface area contributed by atoms with Gasteiger partial charge in [0.2, 0.25) is 5.91 Å². The van der Waals surface area contributed by atoms with Crippen LogP contribution in [0.3, 0.4) is 0 Å². The Balaban J connectivity index is 0.00000288. The van der Waals surface area contributed by atoms with Crippen molar-refractivity contribution in [2.75, 3.05) is 25.5 Å². The van der Waals surface area contributed by atoms with Crippen LogP contribution >= 0.6 is 11.8 Å². The highest BCUT2D eigenvalue weighted by Gasteiger charge is 2.50. The maximum Gasteiger partial charge on any atom is 0.413 e. The number of fused-ring (bicyclic) bond motifs is 3. The van der Waals surface area contributed by atoms with E-state index >= 15 is 0 Å². The number of amides is 1. The molecule has 44 heavy (non-hydrogen) atoms. The summed E-state index contributed by atoms with van der Waals surface area (Å²) in [6.45, 7) is 15.2. The average molecular weight is 627 g/mol. The zero-order valence-electron chi connectivity index (χ0n) is 25.9. The van der Waals surface area contributed by atoms with Crippen molar-refractivity contribution in [3.63, 3.8) is 0 Å². The molecule has 0 radical (unpaired) electrons. The van der Waals surface area contributed by atoms with Crippen molar-refractivity contribution in [1.82, 2.24) is 14.8 Å². The summed E-state index contributed by atoms with van der Waals surface area (Å²) < 4.78 is 43.5. The molecule has 0 bridgehead atoms. The second-order valence-electron chi connectivity index (χ2n) is 12.2. The number of hydrogen-bond acceptors (Lipinski definition) is 5. The zero-order valence-corrected chi connectivity index (χ0v) is 26.7. The standard InChI is InChI=1S/C35H41F3N4OS.2H2/c1-7-10-22(4)29-28(21-39-32-30(29)27-20-34(27,5)44-32)40-25-14-12-23(13-15-25)31(35(36,37)38)41(6)33(43)24-16-18-42(19-17-24)26(9-3)11-8-2;;/h8,12-15,20-22,24,31,40H,2-3,7,10-11,16-19H2,1,4-6H3;2*1H/t22-,31-,34?;;/m0../s1. The summed E-state index contributed by atoms with van der Waals surface area (Å²) in [4.78, 5) is 21.1. The Kier molecular flexibility index (Phi) is 9.11. The molecule has 1 fully saturated rings. The molecule has 3 aliphatic rings. The molecule has 3 heterocycles. The first kappa shape index (κ1) is 32.0. The predicted molar refractivity (Wildman–Crippen MR) is 177 cm³/mol. The van der Waals surface area contributed by atoms with Gasteiger partial charge in [-0.25, -0.2) is 4.98 Å². The third-order valence-electron chi connectivity index (χ3n) is 9.07. The Hall–Kier alpha value is -3.42. The Bertz CT molecular complexity index is 1510. The molecule has 1 aromatic carbocycles. The van der Waals surface area contributed by atoms with Gasteiger partial charge in [0.25, 0.3) is 0 Å². The number of thioether (sulfide) groups is 1. The van der Waals surface area contributed by atoms with E-state index in [9.17, 15) is 18.0 Å². The van der Waals surface area contributed by atoms with Crippen LogP contribution in [0.2, 0.25) is 0 Å². The van der Waals surface area contributed by atoms with Crippen LogP contribution in [-0.4, -0.2) is 51.8 Å². The normalized spacial score (nSPS) is 20.5. The number of likely N-dealkylation sites (tertiary alicyclic amines) is 1. The summed E-state index contributed by atoms with van der Waals surface area (Å²) in [6.07, 6.45) is 4.88. The number of benzene rings is 1. The van der Waals surface area contributed by atoms with Crippen molar-refractivity contribution in [1.29, 1.82) is 0 Å². The minimum absolute atomic E-state index is 0. The van der Waals surface area contributed by atoms with E-state index in [0.29, 0.717) is 44.0 Å². The molecule has 238 valence electrons. The molecule has 1 saturated heterocycles. The average Bonchev–Trinajstić information content (AvgIpc) is 3.57. The number of allylic oxidation sites excluding steroid dienone is 1. The lowest BCUT2D eigenvalue weighted by Crippen LogP contribution is -2.45. The second-order valence-corrected chi connectivity index (χ2v) is 13.7. The van der Waals surface area contributed by atoms with Crippen LogP contribution in [0.15, 0.2) is 72.2 Å². The van der Waals surface area contributed by atoms with Gasteiger partial charge in [0.05, 0.1) is 22.3 Å². The topological polar surface area (TPSA) is 48.5 Å². The maximum atomic E-state index is 14.5. The van der Waals surface area contributed by atoms with Gasteiger partial charge in [0, 0.05) is 46.6 Å². The number of carbonyl (C=O) groups excluding carboxylic acids is 1. The van der Waals surface area contributed by atoms with E-state index in [1.165, 1.54) is 35.9 Å². The number of alkyl halides is 3. The summed E-state index contributed by atoms with van der Waals surface area (Å²) in [6, 6.07) is 4.21. The van der Waals surface area contributed by atoms with Gasteiger partial charge in [0.1, 0.15) is 5.03 Å². The van der Waals surface area contributed by atoms with E-state index in [-0.39, 0.29) is 13.2 Å². The third-order valence-corrected chi connectivity index (χ3v) is 10.3. The molecule has 9 heteroatoms. The van der Waals surface area contributed by atoms with Gasteiger partial charge in [-0.1, -0.05) is 62.9 Å². The van der Waals surface area contributed by atoms with Gasteiger partial charge < -0.3 is 15.1 Å². The van der Waals surface area contributed by atoms with Crippen molar-refractivity contribution in [3.05, 3.63) is 83.9 Å². The molecule has 1 aromatic heterocycles. The molecule has 3 atom stereocenters. The lowest BCUT2D eigenvalue weighted by Gasteiger charge is -2.37. The van der Waals surface area contributed by atoms with Crippen molar-refractivity contribution in [2.45, 2.75) is 80.8 Å². The Morgan fingerprint density at radius 3 is 2.59 bits per heavy atom. The summed E-state index contributed by atoms with van der Waals surface area (Å²) in [5.74, 6) is -0.667. The first-order chi connectivity index (χ1) is 20.9. The van der Waals surface area contributed by atoms with Crippen LogP contribution in [0.25, 0.3) is 5.57 Å². The fourth-order valence-electron chi connectivity index (χ4n) is 6.68. The van der Waals surface area contributed by atoms with Crippen LogP contribution in [0, 0.1) is 5.92 Å². The van der Waals surface area contributed by atoms with Gasteiger partial charge in [-0.3, -0.25) is 4.79 Å². The number of carbonyl (C=O) groups is 1. The van der Waals surface area contributed by atoms with E-state index in [1.54, 1.807) is 30.0 Å². The minimum atomic E-state index is -4.63. The lowest BCUT2D eigenvalue weighted by atomic mass is 9.90. The highest BCUT2D eigenvalue weighted by atomic mass is 32.2. The van der Waals surface area contributed by atoms with Crippen LogP contribution < -0.4 is 5.32 Å². The largest absolute Gasteiger partial charge is 0.413 e. The van der Waals surface area contributed by atoms with Gasteiger partial charge >= 0.3 is 6.18 Å². The monoisotopic (exact) mass is 626 g/mol. The molecule has 2 aromatic rings. The van der Waals surface area contributed by atoms with Gasteiger partial charge in [-0.05, 0) is 60.9 Å². The number of pyridine rings is 1. The van der Waals surface area contributed by atoms with E-state index in [4.69, 9.17) is 4.98 Å². The summed E-state index contributed by atoms with van der Waals surface area (Å²) in [5.41, 5.74) is 9.13. The lowest BCUT2D eigenvalue weighted by molar-refractivity contribution is -0.191. The summed E-state index contributed by atoms with van der Waals surface area (Å²) >= 11 is 1.78. The van der Waals surface area contributed by atoms with E-state index in [0.717, 1.165) is 34.2 Å². The zero-order chi connectivity index (χ0) is 31.8. The van der Waals surface area contributed by atoms with Gasteiger partial charge in [0.15, 0.2) is 6.04 Å². The molecule has 0 saturated carbocycles. The van der Waals surface area contributed by atoms with Crippen molar-refractivity contribution >= 4 is 34.6 Å². The molecule has 5 nitrogen and oxygen atoms in total. The molecule has 1 amide bonds. The molecular formula is C35H45F3N4OS. The smallest absolute Gasteiger partial charge is 0.368 e. The first-order valence-corrected chi connectivity index (χ1v) is 16.1. The number of nitrogens with one attached hydrogen (secondary N) is 1. The summed E-state index contributed by atoms with van der Waals surface area (Å²) in [7, 11) is 1.27. The first-order valence-electron chi connectivity index (χ1n) is 15.3. The predicted octanol–water partition coefficient (Wildman–Crippen LogP) is 9.50. The van der Waals surface area contributed by atoms with Crippen molar-refractivity contribution in [3.8, 4) is 0 Å². The molecule has 0 spiro atoms. The van der Waals surface area contributed by atoms with Crippen LogP contribution in [0.5, 0.6) is 0 Å². The van der Waals surface area contributed by atoms with Crippen LogP contribution in [0.1, 0.15) is 84.4 Å². The second kappa shape index (κ2) is 12.5. The Labute approximate surface area is 266 Å². The number of halogens is 3. The number of rotatable bonds is 11.